The van der Waals surface area contributed by atoms with Crippen LogP contribution in [0, 0.1) is 0 Å². The van der Waals surface area contributed by atoms with Crippen molar-refractivity contribution in [1.82, 2.24) is 14.9 Å². The molecule has 2 heterocycles. The molecule has 0 spiro atoms. The lowest BCUT2D eigenvalue weighted by Crippen LogP contribution is -2.39. The molecule has 166 valence electrons. The second-order valence-corrected chi connectivity index (χ2v) is 8.95. The predicted molar refractivity (Wildman–Crippen MR) is 130 cm³/mol. The Hall–Kier alpha value is -3.58. The average molecular weight is 457 g/mol. The summed E-state index contributed by atoms with van der Waals surface area (Å²) in [6.07, 6.45) is 0.939. The maximum atomic E-state index is 13.6. The number of nitrogens with zero attached hydrogens (tertiary/aromatic N) is 3. The van der Waals surface area contributed by atoms with Gasteiger partial charge in [-0.05, 0) is 29.7 Å². The van der Waals surface area contributed by atoms with Crippen molar-refractivity contribution in [2.75, 3.05) is 12.5 Å². The molecule has 1 N–H and O–H groups in total. The minimum atomic E-state index is -0.397. The van der Waals surface area contributed by atoms with Gasteiger partial charge in [0, 0.05) is 11.1 Å². The summed E-state index contributed by atoms with van der Waals surface area (Å²) in [4.78, 5) is 13.6. The van der Waals surface area contributed by atoms with Gasteiger partial charge in [0.15, 0.2) is 11.6 Å². The van der Waals surface area contributed by atoms with Crippen LogP contribution >= 0.6 is 11.8 Å². The molecule has 0 amide bonds. The zero-order chi connectivity index (χ0) is 22.8. The highest BCUT2D eigenvalue weighted by Gasteiger charge is 2.38. The SMILES string of the molecule is CCc1ccc(C(=O)[C@@H]2Sc3nnc(-c4ccccc4)n3N[C@@H]2c2ccc(OC)cc2)cc1. The Morgan fingerprint density at radius 2 is 1.73 bits per heavy atom. The smallest absolute Gasteiger partial charge is 0.211 e. The van der Waals surface area contributed by atoms with Crippen molar-refractivity contribution in [3.63, 3.8) is 0 Å². The van der Waals surface area contributed by atoms with Crippen LogP contribution in [0.15, 0.2) is 84.0 Å². The first-order valence-corrected chi connectivity index (χ1v) is 11.8. The third-order valence-electron chi connectivity index (χ3n) is 5.85. The van der Waals surface area contributed by atoms with Crippen molar-refractivity contribution in [3.8, 4) is 17.1 Å². The molecule has 2 atom stereocenters. The van der Waals surface area contributed by atoms with E-state index < -0.39 is 5.25 Å². The molecule has 33 heavy (non-hydrogen) atoms. The van der Waals surface area contributed by atoms with Gasteiger partial charge in [-0.25, -0.2) is 4.68 Å². The summed E-state index contributed by atoms with van der Waals surface area (Å²) in [6, 6.07) is 25.3. The number of fused-ring (bicyclic) bond motifs is 1. The molecular weight excluding hydrogens is 432 g/mol. The molecule has 3 aromatic carbocycles. The van der Waals surface area contributed by atoms with Gasteiger partial charge in [-0.3, -0.25) is 4.79 Å². The highest BCUT2D eigenvalue weighted by atomic mass is 32.2. The number of aromatic nitrogens is 3. The van der Waals surface area contributed by atoms with E-state index in [0.717, 1.165) is 29.1 Å². The molecule has 0 unspecified atom stereocenters. The van der Waals surface area contributed by atoms with E-state index in [9.17, 15) is 4.79 Å². The normalized spacial score (nSPS) is 17.2. The van der Waals surface area contributed by atoms with Gasteiger partial charge in [0.1, 0.15) is 11.0 Å². The van der Waals surface area contributed by atoms with Crippen molar-refractivity contribution < 1.29 is 9.53 Å². The van der Waals surface area contributed by atoms with Crippen LogP contribution in [0.1, 0.15) is 34.5 Å². The van der Waals surface area contributed by atoms with Gasteiger partial charge in [0.05, 0.1) is 13.2 Å². The number of hydrogen-bond donors (Lipinski definition) is 1. The topological polar surface area (TPSA) is 69.0 Å². The monoisotopic (exact) mass is 456 g/mol. The van der Waals surface area contributed by atoms with E-state index in [0.29, 0.717) is 10.7 Å². The van der Waals surface area contributed by atoms with Crippen molar-refractivity contribution in [1.29, 1.82) is 0 Å². The van der Waals surface area contributed by atoms with Gasteiger partial charge < -0.3 is 10.2 Å². The van der Waals surface area contributed by atoms with Gasteiger partial charge in [-0.15, -0.1) is 10.2 Å². The zero-order valence-corrected chi connectivity index (χ0v) is 19.3. The summed E-state index contributed by atoms with van der Waals surface area (Å²) < 4.78 is 7.21. The van der Waals surface area contributed by atoms with E-state index in [1.807, 2.05) is 83.5 Å². The molecular formula is C26H24N4O2S. The minimum Gasteiger partial charge on any atom is -0.497 e. The fourth-order valence-electron chi connectivity index (χ4n) is 3.96. The number of carbonyl (C=O) groups excluding carboxylic acids is 1. The van der Waals surface area contributed by atoms with Crippen LogP contribution in [0.25, 0.3) is 11.4 Å². The lowest BCUT2D eigenvalue weighted by molar-refractivity contribution is 0.0980. The molecule has 1 aromatic heterocycles. The molecule has 4 aromatic rings. The second kappa shape index (κ2) is 9.11. The number of benzene rings is 3. The largest absolute Gasteiger partial charge is 0.497 e. The maximum absolute atomic E-state index is 13.6. The van der Waals surface area contributed by atoms with Gasteiger partial charge in [-0.1, -0.05) is 85.4 Å². The summed E-state index contributed by atoms with van der Waals surface area (Å²) in [5.41, 5.74) is 7.38. The number of Topliss-reactive ketones (excluding diaryl/α,β-unsaturated/α-hetero) is 1. The number of ether oxygens (including phenoxy) is 1. The molecule has 0 bridgehead atoms. The first kappa shape index (κ1) is 21.3. The Morgan fingerprint density at radius 3 is 2.39 bits per heavy atom. The fourth-order valence-corrected chi connectivity index (χ4v) is 5.12. The Balaban J connectivity index is 1.55. The van der Waals surface area contributed by atoms with Crippen molar-refractivity contribution in [3.05, 3.63) is 95.6 Å². The fraction of sp³-hybridized carbons (Fsp3) is 0.192. The molecule has 0 radical (unpaired) electrons. The summed E-state index contributed by atoms with van der Waals surface area (Å²) in [5, 5.41) is 9.07. The first-order valence-electron chi connectivity index (χ1n) is 10.9. The Labute approximate surface area is 197 Å². The third kappa shape index (κ3) is 4.12. The lowest BCUT2D eigenvalue weighted by atomic mass is 9.96. The van der Waals surface area contributed by atoms with Gasteiger partial charge in [0.2, 0.25) is 5.16 Å². The molecule has 7 heteroatoms. The van der Waals surface area contributed by atoms with E-state index in [-0.39, 0.29) is 11.8 Å². The molecule has 0 saturated carbocycles. The maximum Gasteiger partial charge on any atom is 0.211 e. The van der Waals surface area contributed by atoms with E-state index >= 15 is 0 Å². The number of hydrogen-bond acceptors (Lipinski definition) is 6. The average Bonchev–Trinajstić information content (AvgIpc) is 3.31. The highest BCUT2D eigenvalue weighted by Crippen LogP contribution is 2.40. The molecule has 1 aliphatic heterocycles. The Kier molecular flexibility index (Phi) is 5.88. The van der Waals surface area contributed by atoms with Crippen LogP contribution in [0.2, 0.25) is 0 Å². The number of methoxy groups -OCH3 is 1. The van der Waals surface area contributed by atoms with Crippen LogP contribution in [-0.4, -0.2) is 33.0 Å². The highest BCUT2D eigenvalue weighted by molar-refractivity contribution is 8.00. The number of carbonyl (C=O) groups is 1. The molecule has 0 fully saturated rings. The third-order valence-corrected chi connectivity index (χ3v) is 7.06. The van der Waals surface area contributed by atoms with E-state index in [1.54, 1.807) is 7.11 Å². The van der Waals surface area contributed by atoms with Gasteiger partial charge in [-0.2, -0.15) is 0 Å². The van der Waals surface area contributed by atoms with Crippen LogP contribution in [-0.2, 0) is 6.42 Å². The van der Waals surface area contributed by atoms with E-state index in [4.69, 9.17) is 4.74 Å². The van der Waals surface area contributed by atoms with Crippen molar-refractivity contribution in [2.45, 2.75) is 29.8 Å². The molecule has 1 aliphatic rings. The molecule has 5 rings (SSSR count). The van der Waals surface area contributed by atoms with Crippen LogP contribution in [0.3, 0.4) is 0 Å². The lowest BCUT2D eigenvalue weighted by Gasteiger charge is -2.33. The van der Waals surface area contributed by atoms with Crippen molar-refractivity contribution >= 4 is 17.5 Å². The number of ketones is 1. The van der Waals surface area contributed by atoms with Crippen LogP contribution in [0.5, 0.6) is 5.75 Å². The minimum absolute atomic E-state index is 0.0616. The zero-order valence-electron chi connectivity index (χ0n) is 18.4. The summed E-state index contributed by atoms with van der Waals surface area (Å²) in [7, 11) is 1.64. The predicted octanol–water partition coefficient (Wildman–Crippen LogP) is 5.16. The van der Waals surface area contributed by atoms with Crippen LogP contribution < -0.4 is 10.2 Å². The number of nitrogens with one attached hydrogen (secondary N) is 1. The molecule has 6 nitrogen and oxygen atoms in total. The second-order valence-electron chi connectivity index (χ2n) is 7.84. The Morgan fingerprint density at radius 1 is 1.00 bits per heavy atom. The number of thioether (sulfide) groups is 1. The van der Waals surface area contributed by atoms with E-state index in [1.165, 1.54) is 17.3 Å². The van der Waals surface area contributed by atoms with Crippen molar-refractivity contribution in [2.24, 2.45) is 0 Å². The van der Waals surface area contributed by atoms with Crippen LogP contribution in [0.4, 0.5) is 0 Å². The van der Waals surface area contributed by atoms with Gasteiger partial charge >= 0.3 is 0 Å². The quantitative estimate of drug-likeness (QED) is 0.404. The van der Waals surface area contributed by atoms with Gasteiger partial charge in [0.25, 0.3) is 0 Å². The first-order chi connectivity index (χ1) is 16.2. The molecule has 0 saturated heterocycles. The summed E-state index contributed by atoms with van der Waals surface area (Å²) >= 11 is 1.44. The molecule has 0 aliphatic carbocycles. The summed E-state index contributed by atoms with van der Waals surface area (Å²) in [6.45, 7) is 2.11. The standard InChI is InChI=1S/C26H24N4O2S/c1-3-17-9-11-19(12-10-17)23(31)24-22(18-13-15-21(32-2)16-14-18)29-30-25(27-28-26(30)33-24)20-7-5-4-6-8-20/h4-16,22,24,29H,3H2,1-2H3/t22-,24-/m1/s1. The number of rotatable bonds is 6. The number of aryl methyl sites for hydroxylation is 1. The Bertz CT molecular complexity index is 1250. The van der Waals surface area contributed by atoms with E-state index in [2.05, 4.69) is 22.5 Å². The summed E-state index contributed by atoms with van der Waals surface area (Å²) in [5.74, 6) is 1.55.